The predicted molar refractivity (Wildman–Crippen MR) is 110 cm³/mol. The van der Waals surface area contributed by atoms with Crippen molar-refractivity contribution in [3.63, 3.8) is 0 Å². The average Bonchev–Trinajstić information content (AvgIpc) is 3.56. The van der Waals surface area contributed by atoms with E-state index in [1.165, 1.54) is 12.1 Å². The number of halogens is 1. The van der Waals surface area contributed by atoms with E-state index in [0.717, 1.165) is 23.3 Å². The maximum absolute atomic E-state index is 14.1. The van der Waals surface area contributed by atoms with Gasteiger partial charge in [0.15, 0.2) is 0 Å². The Morgan fingerprint density at radius 1 is 1.10 bits per heavy atom. The molecule has 0 N–H and O–H groups in total. The monoisotopic (exact) mass is 408 g/mol. The fourth-order valence-corrected chi connectivity index (χ4v) is 4.15. The highest BCUT2D eigenvalue weighted by atomic mass is 19.1. The second-order valence-electron chi connectivity index (χ2n) is 8.18. The molecule has 30 heavy (non-hydrogen) atoms. The second kappa shape index (κ2) is 8.38. The molecule has 4 rings (SSSR count). The molecule has 0 bridgehead atoms. The van der Waals surface area contributed by atoms with E-state index in [2.05, 4.69) is 0 Å². The van der Waals surface area contributed by atoms with Crippen LogP contribution < -0.4 is 0 Å². The highest BCUT2D eigenvalue weighted by molar-refractivity contribution is 6.08. The standard InChI is InChI=1S/C24H25FN2O3/c1-16(18-11-12-18)26(14-17-7-3-2-4-8-17)23(29)15-27-22(28)13-20(24(27)30)19-9-5-6-10-21(19)25/h2-10,16,18,20H,11-15H2,1H3. The predicted octanol–water partition coefficient (Wildman–Crippen LogP) is 3.50. The Bertz CT molecular complexity index is 958. The van der Waals surface area contributed by atoms with Crippen molar-refractivity contribution in [2.75, 3.05) is 6.54 Å². The van der Waals surface area contributed by atoms with Gasteiger partial charge in [0.25, 0.3) is 0 Å². The van der Waals surface area contributed by atoms with E-state index < -0.39 is 23.5 Å². The van der Waals surface area contributed by atoms with Gasteiger partial charge in [-0.2, -0.15) is 0 Å². The molecule has 1 heterocycles. The summed E-state index contributed by atoms with van der Waals surface area (Å²) in [5.74, 6) is -2.11. The van der Waals surface area contributed by atoms with Crippen molar-refractivity contribution in [2.45, 2.75) is 44.7 Å². The zero-order valence-corrected chi connectivity index (χ0v) is 17.0. The van der Waals surface area contributed by atoms with Crippen LogP contribution in [0.1, 0.15) is 43.2 Å². The van der Waals surface area contributed by atoms with Crippen LogP contribution in [0.25, 0.3) is 0 Å². The topological polar surface area (TPSA) is 57.7 Å². The molecule has 5 nitrogen and oxygen atoms in total. The Labute approximate surface area is 175 Å². The van der Waals surface area contributed by atoms with Crippen LogP contribution in [-0.4, -0.2) is 40.1 Å². The second-order valence-corrected chi connectivity index (χ2v) is 8.18. The van der Waals surface area contributed by atoms with Gasteiger partial charge in [-0.1, -0.05) is 48.5 Å². The van der Waals surface area contributed by atoms with E-state index >= 15 is 0 Å². The molecule has 1 saturated carbocycles. The molecule has 1 aliphatic carbocycles. The molecule has 2 unspecified atom stereocenters. The summed E-state index contributed by atoms with van der Waals surface area (Å²) in [4.78, 5) is 41.3. The van der Waals surface area contributed by atoms with Gasteiger partial charge in [0, 0.05) is 24.6 Å². The Kier molecular flexibility index (Phi) is 5.66. The van der Waals surface area contributed by atoms with Crippen molar-refractivity contribution in [1.82, 2.24) is 9.80 Å². The Morgan fingerprint density at radius 2 is 1.77 bits per heavy atom. The number of hydrogen-bond acceptors (Lipinski definition) is 3. The van der Waals surface area contributed by atoms with E-state index in [1.54, 1.807) is 17.0 Å². The largest absolute Gasteiger partial charge is 0.334 e. The van der Waals surface area contributed by atoms with Crippen LogP contribution in [0.2, 0.25) is 0 Å². The molecule has 0 radical (unpaired) electrons. The van der Waals surface area contributed by atoms with Crippen molar-refractivity contribution in [1.29, 1.82) is 0 Å². The minimum atomic E-state index is -0.866. The van der Waals surface area contributed by atoms with Crippen molar-refractivity contribution < 1.29 is 18.8 Å². The molecule has 2 aromatic rings. The molecular weight excluding hydrogens is 383 g/mol. The smallest absolute Gasteiger partial charge is 0.243 e. The number of amides is 3. The number of nitrogens with zero attached hydrogens (tertiary/aromatic N) is 2. The van der Waals surface area contributed by atoms with Crippen molar-refractivity contribution >= 4 is 17.7 Å². The van der Waals surface area contributed by atoms with Crippen LogP contribution in [-0.2, 0) is 20.9 Å². The van der Waals surface area contributed by atoms with Crippen LogP contribution in [0, 0.1) is 11.7 Å². The molecule has 6 heteroatoms. The molecule has 0 aromatic heterocycles. The van der Waals surface area contributed by atoms with E-state index in [0.29, 0.717) is 12.5 Å². The van der Waals surface area contributed by atoms with Crippen molar-refractivity contribution in [3.8, 4) is 0 Å². The quantitative estimate of drug-likeness (QED) is 0.659. The summed E-state index contributed by atoms with van der Waals surface area (Å²) in [6, 6.07) is 15.7. The first-order valence-corrected chi connectivity index (χ1v) is 10.4. The lowest BCUT2D eigenvalue weighted by molar-refractivity contribution is -0.147. The Morgan fingerprint density at radius 3 is 2.43 bits per heavy atom. The highest BCUT2D eigenvalue weighted by Crippen LogP contribution is 2.36. The molecule has 2 aromatic carbocycles. The normalized spacial score (nSPS) is 19.8. The van der Waals surface area contributed by atoms with Crippen LogP contribution in [0.4, 0.5) is 4.39 Å². The SMILES string of the molecule is CC(C1CC1)N(Cc1ccccc1)C(=O)CN1C(=O)CC(c2ccccc2F)C1=O. The first-order chi connectivity index (χ1) is 14.5. The summed E-state index contributed by atoms with van der Waals surface area (Å²) in [7, 11) is 0. The molecule has 3 amide bonds. The van der Waals surface area contributed by atoms with Gasteiger partial charge < -0.3 is 4.90 Å². The molecule has 1 saturated heterocycles. The molecule has 0 spiro atoms. The van der Waals surface area contributed by atoms with Gasteiger partial charge in [-0.25, -0.2) is 4.39 Å². The fourth-order valence-electron chi connectivity index (χ4n) is 4.15. The highest BCUT2D eigenvalue weighted by Gasteiger charge is 2.43. The number of benzene rings is 2. The molecule has 2 fully saturated rings. The number of imide groups is 1. The van der Waals surface area contributed by atoms with Crippen molar-refractivity contribution in [3.05, 3.63) is 71.5 Å². The van der Waals surface area contributed by atoms with Gasteiger partial charge in [-0.15, -0.1) is 0 Å². The summed E-state index contributed by atoms with van der Waals surface area (Å²) < 4.78 is 14.1. The van der Waals surface area contributed by atoms with Crippen LogP contribution in [0.3, 0.4) is 0 Å². The average molecular weight is 408 g/mol. The number of carbonyl (C=O) groups is 3. The van der Waals surface area contributed by atoms with Gasteiger partial charge in [0.2, 0.25) is 17.7 Å². The van der Waals surface area contributed by atoms with Gasteiger partial charge in [-0.05, 0) is 37.3 Å². The number of rotatable bonds is 7. The maximum Gasteiger partial charge on any atom is 0.243 e. The summed E-state index contributed by atoms with van der Waals surface area (Å²) in [6.45, 7) is 2.16. The Hall–Kier alpha value is -3.02. The zero-order chi connectivity index (χ0) is 21.3. The molecule has 156 valence electrons. The summed E-state index contributed by atoms with van der Waals surface area (Å²) >= 11 is 0. The first kappa shape index (κ1) is 20.3. The van der Waals surface area contributed by atoms with Gasteiger partial charge in [-0.3, -0.25) is 19.3 Å². The molecular formula is C24H25FN2O3. The molecule has 2 atom stereocenters. The molecule has 1 aliphatic heterocycles. The van der Waals surface area contributed by atoms with Gasteiger partial charge in [0.1, 0.15) is 12.4 Å². The maximum atomic E-state index is 14.1. The van der Waals surface area contributed by atoms with Gasteiger partial charge >= 0.3 is 0 Å². The minimum absolute atomic E-state index is 0.0351. The number of carbonyl (C=O) groups excluding carboxylic acids is 3. The van der Waals surface area contributed by atoms with Crippen LogP contribution in [0.5, 0.6) is 0 Å². The van der Waals surface area contributed by atoms with E-state index in [1.807, 2.05) is 37.3 Å². The number of likely N-dealkylation sites (tertiary alicyclic amines) is 1. The fraction of sp³-hybridized carbons (Fsp3) is 0.375. The van der Waals surface area contributed by atoms with Crippen molar-refractivity contribution in [2.24, 2.45) is 5.92 Å². The van der Waals surface area contributed by atoms with Crippen LogP contribution >= 0.6 is 0 Å². The lowest BCUT2D eigenvalue weighted by Gasteiger charge is -2.31. The first-order valence-electron chi connectivity index (χ1n) is 10.4. The summed E-state index contributed by atoms with van der Waals surface area (Å²) in [5.41, 5.74) is 1.21. The minimum Gasteiger partial charge on any atom is -0.334 e. The third-order valence-electron chi connectivity index (χ3n) is 6.13. The Balaban J connectivity index is 1.51. The van der Waals surface area contributed by atoms with Gasteiger partial charge in [0.05, 0.1) is 5.92 Å². The zero-order valence-electron chi connectivity index (χ0n) is 17.0. The third-order valence-corrected chi connectivity index (χ3v) is 6.13. The van der Waals surface area contributed by atoms with E-state index in [9.17, 15) is 18.8 Å². The lowest BCUT2D eigenvalue weighted by Crippen LogP contribution is -2.46. The van der Waals surface area contributed by atoms with E-state index in [4.69, 9.17) is 0 Å². The van der Waals surface area contributed by atoms with Crippen LogP contribution in [0.15, 0.2) is 54.6 Å². The summed E-state index contributed by atoms with van der Waals surface area (Å²) in [6.07, 6.45) is 2.05. The third kappa shape index (κ3) is 4.13. The molecule has 2 aliphatic rings. The lowest BCUT2D eigenvalue weighted by atomic mass is 9.97. The number of hydrogen-bond donors (Lipinski definition) is 0. The summed E-state index contributed by atoms with van der Waals surface area (Å²) in [5, 5.41) is 0. The van der Waals surface area contributed by atoms with E-state index in [-0.39, 0.29) is 30.5 Å².